The first kappa shape index (κ1) is 29.1. The zero-order chi connectivity index (χ0) is 31.2. The Kier molecular flexibility index (Phi) is 7.23. The molecule has 2 aromatic carbocycles. The summed E-state index contributed by atoms with van der Waals surface area (Å²) in [4.78, 5) is 58.9. The summed E-state index contributed by atoms with van der Waals surface area (Å²) >= 11 is 0. The number of rotatable bonds is 6. The number of carbonyl (C=O) groups excluding carboxylic acids is 3. The van der Waals surface area contributed by atoms with E-state index in [2.05, 4.69) is 5.32 Å². The van der Waals surface area contributed by atoms with Gasteiger partial charge in [0.15, 0.2) is 0 Å². The van der Waals surface area contributed by atoms with Crippen molar-refractivity contribution in [3.8, 4) is 11.4 Å². The number of hydrogen-bond acceptors (Lipinski definition) is 8. The molecular formula is C34H33N3O7. The number of ether oxygens (including phenoxy) is 3. The number of cyclic esters (lactones) is 1. The first-order valence-electron chi connectivity index (χ1n) is 14.6. The number of nitrogens with zero attached hydrogens (tertiary/aromatic N) is 2. The molecule has 2 atom stereocenters. The van der Waals surface area contributed by atoms with Crippen LogP contribution in [0.5, 0.6) is 0 Å². The molecule has 0 saturated carbocycles. The van der Waals surface area contributed by atoms with Gasteiger partial charge in [-0.05, 0) is 51.0 Å². The highest BCUT2D eigenvalue weighted by Gasteiger charge is 2.51. The number of hydrogen-bond donors (Lipinski definition) is 1. The van der Waals surface area contributed by atoms with E-state index in [1.165, 1.54) is 0 Å². The zero-order valence-electron chi connectivity index (χ0n) is 25.0. The minimum absolute atomic E-state index is 0.00400. The van der Waals surface area contributed by atoms with Gasteiger partial charge >= 0.3 is 18.0 Å². The van der Waals surface area contributed by atoms with Gasteiger partial charge < -0.3 is 24.1 Å². The SMILES string of the molecule is CC[C@@]1(OC(=O)[C@@H](Cc2ccccc2)NC(=O)OC(C)(C)C)C(=O)OCc2c1cc1n(c2=O)Cc2cc3ccccc3nc2-1. The number of aromatic nitrogens is 2. The molecule has 226 valence electrons. The van der Waals surface area contributed by atoms with E-state index in [1.54, 1.807) is 38.3 Å². The van der Waals surface area contributed by atoms with Crippen molar-refractivity contribution < 1.29 is 28.6 Å². The summed E-state index contributed by atoms with van der Waals surface area (Å²) in [6.45, 7) is 6.89. The lowest BCUT2D eigenvalue weighted by Gasteiger charge is -2.36. The second kappa shape index (κ2) is 10.9. The predicted octanol–water partition coefficient (Wildman–Crippen LogP) is 4.77. The fourth-order valence-corrected chi connectivity index (χ4v) is 5.82. The average Bonchev–Trinajstić information content (AvgIpc) is 3.34. The molecule has 0 bridgehead atoms. The van der Waals surface area contributed by atoms with Crippen LogP contribution in [0.1, 0.15) is 56.4 Å². The number of amides is 1. The molecular weight excluding hydrogens is 562 g/mol. The minimum Gasteiger partial charge on any atom is -0.457 e. The predicted molar refractivity (Wildman–Crippen MR) is 162 cm³/mol. The van der Waals surface area contributed by atoms with E-state index >= 15 is 0 Å². The average molecular weight is 596 g/mol. The molecule has 0 radical (unpaired) electrons. The number of carbonyl (C=O) groups is 3. The van der Waals surface area contributed by atoms with Crippen LogP contribution in [0.4, 0.5) is 4.79 Å². The molecule has 6 rings (SSSR count). The molecule has 4 heterocycles. The third-order valence-corrected chi connectivity index (χ3v) is 7.92. The molecule has 2 aliphatic heterocycles. The Morgan fingerprint density at radius 1 is 1.07 bits per heavy atom. The molecule has 1 N–H and O–H groups in total. The van der Waals surface area contributed by atoms with Crippen molar-refractivity contribution in [1.29, 1.82) is 0 Å². The highest BCUT2D eigenvalue weighted by atomic mass is 16.6. The van der Waals surface area contributed by atoms with E-state index in [0.717, 1.165) is 22.0 Å². The number of benzene rings is 2. The fourth-order valence-electron chi connectivity index (χ4n) is 5.82. The van der Waals surface area contributed by atoms with E-state index in [9.17, 15) is 19.2 Å². The molecule has 0 spiro atoms. The van der Waals surface area contributed by atoms with Crippen molar-refractivity contribution in [2.45, 2.75) is 70.9 Å². The van der Waals surface area contributed by atoms with Crippen LogP contribution in [0, 0.1) is 0 Å². The second-order valence-corrected chi connectivity index (χ2v) is 12.1. The van der Waals surface area contributed by atoms with Gasteiger partial charge in [-0.25, -0.2) is 19.4 Å². The summed E-state index contributed by atoms with van der Waals surface area (Å²) < 4.78 is 18.5. The third kappa shape index (κ3) is 5.21. The summed E-state index contributed by atoms with van der Waals surface area (Å²) in [6.07, 6.45) is -0.730. The van der Waals surface area contributed by atoms with Gasteiger partial charge in [0.2, 0.25) is 5.60 Å². The Labute approximate surface area is 254 Å². The minimum atomic E-state index is -1.91. The molecule has 10 nitrogen and oxygen atoms in total. The first-order chi connectivity index (χ1) is 21.0. The normalized spacial score (nSPS) is 17.6. The lowest BCUT2D eigenvalue weighted by atomic mass is 9.85. The van der Waals surface area contributed by atoms with Gasteiger partial charge in [-0.15, -0.1) is 0 Å². The lowest BCUT2D eigenvalue weighted by molar-refractivity contribution is -0.190. The molecule has 0 unspecified atom stereocenters. The highest BCUT2D eigenvalue weighted by molar-refractivity contribution is 5.90. The summed E-state index contributed by atoms with van der Waals surface area (Å²) in [7, 11) is 0. The van der Waals surface area contributed by atoms with E-state index in [1.807, 2.05) is 60.7 Å². The highest BCUT2D eigenvalue weighted by Crippen LogP contribution is 2.41. The Hall–Kier alpha value is -4.99. The van der Waals surface area contributed by atoms with Crippen molar-refractivity contribution >= 4 is 28.9 Å². The Morgan fingerprint density at radius 2 is 1.80 bits per heavy atom. The van der Waals surface area contributed by atoms with Crippen LogP contribution in [-0.2, 0) is 49.0 Å². The zero-order valence-corrected chi connectivity index (χ0v) is 25.0. The number of para-hydroxylation sites is 1. The molecule has 2 aromatic heterocycles. The summed E-state index contributed by atoms with van der Waals surface area (Å²) in [5, 5.41) is 3.56. The maximum Gasteiger partial charge on any atom is 0.408 e. The number of nitrogens with one attached hydrogen (secondary N) is 1. The van der Waals surface area contributed by atoms with E-state index < -0.39 is 35.3 Å². The van der Waals surface area contributed by atoms with Crippen LogP contribution in [-0.4, -0.2) is 39.2 Å². The second-order valence-electron chi connectivity index (χ2n) is 12.1. The Bertz CT molecular complexity index is 1860. The topological polar surface area (TPSA) is 126 Å². The van der Waals surface area contributed by atoms with E-state index in [0.29, 0.717) is 17.9 Å². The largest absolute Gasteiger partial charge is 0.457 e. The van der Waals surface area contributed by atoms with Crippen LogP contribution < -0.4 is 10.9 Å². The van der Waals surface area contributed by atoms with Crippen LogP contribution in [0.3, 0.4) is 0 Å². The molecule has 2 aliphatic rings. The number of pyridine rings is 2. The monoisotopic (exact) mass is 595 g/mol. The van der Waals surface area contributed by atoms with E-state index in [4.69, 9.17) is 19.2 Å². The molecule has 4 aromatic rings. The molecule has 1 amide bonds. The molecule has 0 fully saturated rings. The maximum absolute atomic E-state index is 13.9. The van der Waals surface area contributed by atoms with Crippen molar-refractivity contribution in [1.82, 2.24) is 14.9 Å². The van der Waals surface area contributed by atoms with E-state index in [-0.39, 0.29) is 36.1 Å². The van der Waals surface area contributed by atoms with Gasteiger partial charge in [0, 0.05) is 22.9 Å². The smallest absolute Gasteiger partial charge is 0.408 e. The summed E-state index contributed by atoms with van der Waals surface area (Å²) in [5.74, 6) is -1.65. The molecule has 10 heteroatoms. The number of alkyl carbamates (subject to hydrolysis) is 1. The number of esters is 2. The standard InChI is InChI=1S/C34H33N3O7/c1-5-34(43-30(39)26(15-20-11-7-6-8-12-20)36-32(41)44-33(2,3)4)24-17-27-28-22(16-21-13-9-10-14-25(21)35-28)18-37(27)29(38)23(24)19-42-31(34)40/h6-14,16-17,26H,5,15,18-19H2,1-4H3,(H,36,41)/t26-,34+/m1/s1. The van der Waals surface area contributed by atoms with Crippen molar-refractivity contribution in [3.63, 3.8) is 0 Å². The fraction of sp³-hybridized carbons (Fsp3) is 0.324. The van der Waals surface area contributed by atoms with Crippen molar-refractivity contribution in [2.75, 3.05) is 0 Å². The van der Waals surface area contributed by atoms with Crippen LogP contribution in [0.15, 0.2) is 71.5 Å². The summed E-state index contributed by atoms with van der Waals surface area (Å²) in [6, 6.07) is 19.3. The van der Waals surface area contributed by atoms with Gasteiger partial charge in [-0.1, -0.05) is 55.5 Å². The third-order valence-electron chi connectivity index (χ3n) is 7.92. The van der Waals surface area contributed by atoms with Crippen LogP contribution >= 0.6 is 0 Å². The van der Waals surface area contributed by atoms with Gasteiger partial charge in [0.25, 0.3) is 5.56 Å². The first-order valence-corrected chi connectivity index (χ1v) is 14.6. The molecule has 0 saturated heterocycles. The lowest BCUT2D eigenvalue weighted by Crippen LogP contribution is -2.52. The van der Waals surface area contributed by atoms with Crippen LogP contribution in [0.2, 0.25) is 0 Å². The Balaban J connectivity index is 1.40. The maximum atomic E-state index is 13.9. The van der Waals surface area contributed by atoms with Crippen molar-refractivity contribution in [3.05, 3.63) is 99.3 Å². The molecule has 44 heavy (non-hydrogen) atoms. The van der Waals surface area contributed by atoms with Gasteiger partial charge in [0.05, 0.1) is 29.0 Å². The van der Waals surface area contributed by atoms with Crippen molar-refractivity contribution in [2.24, 2.45) is 0 Å². The quantitative estimate of drug-likeness (QED) is 0.220. The molecule has 0 aliphatic carbocycles. The number of fused-ring (bicyclic) bond motifs is 5. The van der Waals surface area contributed by atoms with Crippen LogP contribution in [0.25, 0.3) is 22.3 Å². The summed E-state index contributed by atoms with van der Waals surface area (Å²) in [5.41, 5.74) is 1.01. The Morgan fingerprint density at radius 3 is 2.52 bits per heavy atom. The van der Waals surface area contributed by atoms with Gasteiger partial charge in [0.1, 0.15) is 18.2 Å². The van der Waals surface area contributed by atoms with Gasteiger partial charge in [-0.3, -0.25) is 4.79 Å². The van der Waals surface area contributed by atoms with Gasteiger partial charge in [-0.2, -0.15) is 0 Å².